The fourth-order valence-electron chi connectivity index (χ4n) is 5.00. The third-order valence-corrected chi connectivity index (χ3v) is 7.00. The van der Waals surface area contributed by atoms with Crippen LogP contribution in [0.15, 0.2) is 30.9 Å². The van der Waals surface area contributed by atoms with Gasteiger partial charge in [-0.3, -0.25) is 10.7 Å². The van der Waals surface area contributed by atoms with Gasteiger partial charge in [0.1, 0.15) is 23.6 Å². The number of aromatic amines is 1. The molecule has 1 aliphatic heterocycles. The Morgan fingerprint density at radius 3 is 2.74 bits per heavy atom. The van der Waals surface area contributed by atoms with E-state index < -0.39 is 0 Å². The van der Waals surface area contributed by atoms with Crippen LogP contribution in [0.25, 0.3) is 11.0 Å². The van der Waals surface area contributed by atoms with E-state index in [0.717, 1.165) is 55.6 Å². The summed E-state index contributed by atoms with van der Waals surface area (Å²) in [6.45, 7) is 1.51. The van der Waals surface area contributed by atoms with Gasteiger partial charge >= 0.3 is 6.03 Å². The summed E-state index contributed by atoms with van der Waals surface area (Å²) in [6.07, 6.45) is 13.4. The van der Waals surface area contributed by atoms with Crippen molar-refractivity contribution in [1.82, 2.24) is 30.5 Å². The molecule has 0 radical (unpaired) electrons. The minimum atomic E-state index is -0.173. The van der Waals surface area contributed by atoms with Crippen molar-refractivity contribution in [3.05, 3.63) is 30.9 Å². The summed E-state index contributed by atoms with van der Waals surface area (Å²) in [5, 5.41) is 14.3. The lowest BCUT2D eigenvalue weighted by Crippen LogP contribution is -2.50. The van der Waals surface area contributed by atoms with Crippen molar-refractivity contribution in [1.29, 1.82) is 5.41 Å². The van der Waals surface area contributed by atoms with Gasteiger partial charge in [0.15, 0.2) is 0 Å². The van der Waals surface area contributed by atoms with Crippen LogP contribution in [0.4, 0.5) is 10.6 Å². The minimum absolute atomic E-state index is 0.101. The number of likely N-dealkylation sites (tertiary alicyclic amines) is 1. The molecule has 2 aromatic heterocycles. The lowest BCUT2D eigenvalue weighted by Gasteiger charge is -2.47. The molecule has 2 amide bonds. The summed E-state index contributed by atoms with van der Waals surface area (Å²) < 4.78 is 0. The highest BCUT2D eigenvalue weighted by Gasteiger charge is 2.40. The first-order chi connectivity index (χ1) is 15.0. The molecule has 166 valence electrons. The van der Waals surface area contributed by atoms with Crippen LogP contribution >= 0.6 is 0 Å². The summed E-state index contributed by atoms with van der Waals surface area (Å²) in [6, 6.07) is 2.34. The number of amidine groups is 1. The minimum Gasteiger partial charge on any atom is -0.394 e. The molecule has 4 N–H and O–H groups in total. The number of nitrogens with one attached hydrogen (secondary N) is 4. The smallest absolute Gasteiger partial charge is 0.322 e. The summed E-state index contributed by atoms with van der Waals surface area (Å²) in [7, 11) is 3.90. The van der Waals surface area contributed by atoms with E-state index in [2.05, 4.69) is 37.5 Å². The number of piperidine rings is 1. The lowest BCUT2D eigenvalue weighted by molar-refractivity contribution is 0.0765. The summed E-state index contributed by atoms with van der Waals surface area (Å²) in [5.41, 5.74) is 1.22. The van der Waals surface area contributed by atoms with E-state index in [1.165, 1.54) is 12.8 Å². The summed E-state index contributed by atoms with van der Waals surface area (Å²) >= 11 is 0. The zero-order chi connectivity index (χ0) is 21.8. The number of H-pyrrole nitrogens is 1. The summed E-state index contributed by atoms with van der Waals surface area (Å²) in [4.78, 5) is 28.6. The quantitative estimate of drug-likeness (QED) is 0.445. The monoisotopic (exact) mass is 424 g/mol. The van der Waals surface area contributed by atoms with Crippen LogP contribution in [0, 0.1) is 10.8 Å². The second-order valence-corrected chi connectivity index (χ2v) is 8.73. The Kier molecular flexibility index (Phi) is 6.11. The molecule has 9 nitrogen and oxygen atoms in total. The van der Waals surface area contributed by atoms with E-state index in [-0.39, 0.29) is 11.9 Å². The van der Waals surface area contributed by atoms with Gasteiger partial charge in [-0.15, -0.1) is 0 Å². The van der Waals surface area contributed by atoms with E-state index in [4.69, 9.17) is 5.41 Å². The predicted molar refractivity (Wildman–Crippen MR) is 122 cm³/mol. The highest BCUT2D eigenvalue weighted by Crippen LogP contribution is 2.46. The molecule has 3 heterocycles. The zero-order valence-corrected chi connectivity index (χ0v) is 18.3. The molecular weight excluding hydrogens is 392 g/mol. The molecule has 0 atom stereocenters. The topological polar surface area (TPSA) is 113 Å². The highest BCUT2D eigenvalue weighted by atomic mass is 16.2. The van der Waals surface area contributed by atoms with Gasteiger partial charge < -0.3 is 20.1 Å². The third kappa shape index (κ3) is 4.50. The first kappa shape index (κ1) is 21.1. The van der Waals surface area contributed by atoms with Gasteiger partial charge in [-0.05, 0) is 62.3 Å². The molecule has 2 fully saturated rings. The van der Waals surface area contributed by atoms with Gasteiger partial charge in [-0.25, -0.2) is 14.8 Å². The molecule has 1 saturated heterocycles. The van der Waals surface area contributed by atoms with E-state index in [1.807, 2.05) is 17.2 Å². The molecule has 1 saturated carbocycles. The molecule has 0 unspecified atom stereocenters. The first-order valence-corrected chi connectivity index (χ1v) is 11.0. The highest BCUT2D eigenvalue weighted by molar-refractivity contribution is 6.01. The molecule has 2 aliphatic rings. The van der Waals surface area contributed by atoms with E-state index >= 15 is 0 Å². The van der Waals surface area contributed by atoms with Crippen LogP contribution in [-0.2, 0) is 0 Å². The Balaban J connectivity index is 1.30. The number of aromatic nitrogens is 3. The first-order valence-electron chi connectivity index (χ1n) is 11.0. The third-order valence-electron chi connectivity index (χ3n) is 7.00. The number of carbonyl (C=O) groups is 1. The molecular formula is C22H32N8O. The second-order valence-electron chi connectivity index (χ2n) is 8.73. The van der Waals surface area contributed by atoms with E-state index in [0.29, 0.717) is 11.5 Å². The normalized spacial score (nSPS) is 19.1. The maximum absolute atomic E-state index is 12.4. The average molecular weight is 425 g/mol. The maximum atomic E-state index is 12.4. The molecule has 9 heteroatoms. The second kappa shape index (κ2) is 8.95. The number of amides is 2. The molecule has 4 rings (SSSR count). The number of carbonyl (C=O) groups excluding carboxylic acids is 1. The van der Waals surface area contributed by atoms with Crippen LogP contribution in [0.1, 0.15) is 38.5 Å². The van der Waals surface area contributed by atoms with Gasteiger partial charge in [0, 0.05) is 39.4 Å². The largest absolute Gasteiger partial charge is 0.394 e. The molecule has 2 aromatic rings. The van der Waals surface area contributed by atoms with Crippen molar-refractivity contribution in [2.24, 2.45) is 5.41 Å². The van der Waals surface area contributed by atoms with Crippen LogP contribution in [0.2, 0.25) is 0 Å². The summed E-state index contributed by atoms with van der Waals surface area (Å²) in [5.74, 6) is 1.10. The number of nitrogens with zero attached hydrogens (tertiary/aromatic N) is 4. The van der Waals surface area contributed by atoms with Crippen molar-refractivity contribution < 1.29 is 4.79 Å². The molecule has 31 heavy (non-hydrogen) atoms. The van der Waals surface area contributed by atoms with Crippen LogP contribution in [0.5, 0.6) is 0 Å². The van der Waals surface area contributed by atoms with Gasteiger partial charge in [0.05, 0.1) is 5.39 Å². The Labute approximate surface area is 182 Å². The van der Waals surface area contributed by atoms with Crippen LogP contribution < -0.4 is 15.5 Å². The van der Waals surface area contributed by atoms with E-state index in [1.54, 1.807) is 25.7 Å². The van der Waals surface area contributed by atoms with Crippen LogP contribution in [0.3, 0.4) is 0 Å². The Morgan fingerprint density at radius 2 is 2.03 bits per heavy atom. The van der Waals surface area contributed by atoms with Crippen LogP contribution in [-0.4, -0.2) is 64.9 Å². The molecule has 1 spiro atoms. The zero-order valence-electron chi connectivity index (χ0n) is 18.3. The van der Waals surface area contributed by atoms with Crippen molar-refractivity contribution in [2.45, 2.75) is 44.6 Å². The number of anilines is 1. The fraction of sp³-hybridized carbons (Fsp3) is 0.545. The Bertz CT molecular complexity index is 949. The number of rotatable bonds is 4. The average Bonchev–Trinajstić information content (AvgIpc) is 3.27. The number of hydrogen-bond acceptors (Lipinski definition) is 6. The molecule has 0 aromatic carbocycles. The maximum Gasteiger partial charge on any atom is 0.322 e. The van der Waals surface area contributed by atoms with Crippen molar-refractivity contribution in [3.8, 4) is 0 Å². The number of fused-ring (bicyclic) bond motifs is 1. The fourth-order valence-corrected chi connectivity index (χ4v) is 5.00. The number of urea groups is 1. The van der Waals surface area contributed by atoms with Gasteiger partial charge in [-0.2, -0.15) is 0 Å². The Morgan fingerprint density at radius 1 is 1.29 bits per heavy atom. The molecule has 0 bridgehead atoms. The van der Waals surface area contributed by atoms with E-state index in [9.17, 15) is 4.79 Å². The van der Waals surface area contributed by atoms with Crippen molar-refractivity contribution in [3.63, 3.8) is 0 Å². The van der Waals surface area contributed by atoms with Gasteiger partial charge in [0.25, 0.3) is 0 Å². The van der Waals surface area contributed by atoms with Crippen molar-refractivity contribution >= 4 is 28.7 Å². The SMILES string of the molecule is CN/C=C\C(=N)NC(=O)N1CCC2(CCC(N(C)c3ncnc4[nH]ccc34)CC2)CC1. The van der Waals surface area contributed by atoms with Gasteiger partial charge in [-0.1, -0.05) is 0 Å². The van der Waals surface area contributed by atoms with Crippen molar-refractivity contribution in [2.75, 3.05) is 32.1 Å². The number of hydrogen-bond donors (Lipinski definition) is 4. The Hall–Kier alpha value is -3.10. The standard InChI is InChI=1S/C22H32N8O/c1-24-11-6-18(23)28-21(31)30-13-9-22(10-14-30)7-3-16(4-8-22)29(2)20-17-5-12-25-19(17)26-15-27-20/h5-6,11-12,15-16,24H,3-4,7-10,13-14H2,1-2H3,(H2,23,28,31)(H,25,26,27)/b11-6-. The lowest BCUT2D eigenvalue weighted by atomic mass is 9.67. The van der Waals surface area contributed by atoms with Gasteiger partial charge in [0.2, 0.25) is 0 Å². The predicted octanol–water partition coefficient (Wildman–Crippen LogP) is 2.84. The molecule has 1 aliphatic carbocycles.